The second kappa shape index (κ2) is 8.20. The molecular weight excluding hydrogens is 414 g/mol. The average Bonchev–Trinajstić information content (AvgIpc) is 2.66. The summed E-state index contributed by atoms with van der Waals surface area (Å²) in [7, 11) is -3.85. The van der Waals surface area contributed by atoms with Crippen molar-refractivity contribution < 1.29 is 18.0 Å². The quantitative estimate of drug-likeness (QED) is 0.557. The number of aryl methyl sites for hydroxylation is 1. The Morgan fingerprint density at radius 1 is 1.06 bits per heavy atom. The van der Waals surface area contributed by atoms with E-state index in [9.17, 15) is 18.0 Å². The lowest BCUT2D eigenvalue weighted by Gasteiger charge is -2.55. The fourth-order valence-corrected chi connectivity index (χ4v) is 6.98. The second-order valence-electron chi connectivity index (χ2n) is 10.1. The Bertz CT molecular complexity index is 967. The first kappa shape index (κ1) is 22.3. The molecule has 1 aromatic carbocycles. The number of anilines is 1. The maximum absolute atomic E-state index is 13.0. The number of carbonyl (C=O) groups is 2. The van der Waals surface area contributed by atoms with Gasteiger partial charge < -0.3 is 10.6 Å². The van der Waals surface area contributed by atoms with Crippen molar-refractivity contribution in [2.45, 2.75) is 70.1 Å². The highest BCUT2D eigenvalue weighted by molar-refractivity contribution is 7.89. The normalized spacial score (nSPS) is 29.1. The second-order valence-corrected chi connectivity index (χ2v) is 11.6. The number of amides is 2. The Balaban J connectivity index is 1.28. The molecule has 4 fully saturated rings. The highest BCUT2D eigenvalue weighted by Crippen LogP contribution is 2.60. The Hall–Kier alpha value is -1.93. The summed E-state index contributed by atoms with van der Waals surface area (Å²) in [5.41, 5.74) is 1.83. The number of hydrogen-bond donors (Lipinski definition) is 3. The largest absolute Gasteiger partial charge is 0.356 e. The topological polar surface area (TPSA) is 118 Å². The molecule has 0 heterocycles. The number of benzene rings is 1. The minimum Gasteiger partial charge on any atom is -0.356 e. The minimum atomic E-state index is -3.85. The van der Waals surface area contributed by atoms with Crippen LogP contribution in [-0.2, 0) is 19.6 Å². The molecule has 7 nitrogen and oxygen atoms in total. The third-order valence-electron chi connectivity index (χ3n) is 7.63. The van der Waals surface area contributed by atoms with Gasteiger partial charge in [-0.05, 0) is 99.8 Å². The smallest absolute Gasteiger partial charge is 0.238 e. The summed E-state index contributed by atoms with van der Waals surface area (Å²) < 4.78 is 23.3. The predicted molar refractivity (Wildman–Crippen MR) is 119 cm³/mol. The Labute approximate surface area is 184 Å². The molecule has 4 aliphatic carbocycles. The van der Waals surface area contributed by atoms with E-state index in [1.54, 1.807) is 6.92 Å². The summed E-state index contributed by atoms with van der Waals surface area (Å²) in [6, 6.07) is 2.89. The van der Waals surface area contributed by atoms with E-state index in [1.807, 2.05) is 6.92 Å². The van der Waals surface area contributed by atoms with Crippen molar-refractivity contribution in [1.29, 1.82) is 0 Å². The lowest BCUT2D eigenvalue weighted by Crippen LogP contribution is -2.53. The Morgan fingerprint density at radius 2 is 1.65 bits per heavy atom. The van der Waals surface area contributed by atoms with Crippen LogP contribution in [0.2, 0.25) is 0 Å². The molecule has 4 aliphatic rings. The van der Waals surface area contributed by atoms with Crippen LogP contribution in [0, 0.1) is 37.0 Å². The summed E-state index contributed by atoms with van der Waals surface area (Å²) in [6.07, 6.45) is 7.80. The number of hydrogen-bond acceptors (Lipinski definition) is 4. The van der Waals surface area contributed by atoms with Crippen LogP contribution in [0.4, 0.5) is 5.69 Å². The first-order chi connectivity index (χ1) is 14.6. The van der Waals surface area contributed by atoms with Gasteiger partial charge in [-0.3, -0.25) is 9.59 Å². The molecule has 0 spiro atoms. The Morgan fingerprint density at radius 3 is 2.19 bits per heavy atom. The van der Waals surface area contributed by atoms with Crippen molar-refractivity contribution in [1.82, 2.24) is 5.32 Å². The van der Waals surface area contributed by atoms with Gasteiger partial charge in [0.05, 0.1) is 4.90 Å². The molecule has 0 aliphatic heterocycles. The zero-order chi connectivity index (χ0) is 22.4. The molecule has 5 rings (SSSR count). The van der Waals surface area contributed by atoms with Gasteiger partial charge in [-0.1, -0.05) is 0 Å². The van der Waals surface area contributed by atoms with Gasteiger partial charge in [-0.2, -0.15) is 0 Å². The number of primary sulfonamides is 1. The van der Waals surface area contributed by atoms with Crippen LogP contribution in [0.3, 0.4) is 0 Å². The molecule has 4 saturated carbocycles. The van der Waals surface area contributed by atoms with Gasteiger partial charge in [0.15, 0.2) is 0 Å². The van der Waals surface area contributed by atoms with Crippen molar-refractivity contribution in [3.05, 3.63) is 23.3 Å². The molecule has 1 aromatic rings. The van der Waals surface area contributed by atoms with Crippen LogP contribution in [-0.4, -0.2) is 26.8 Å². The summed E-state index contributed by atoms with van der Waals surface area (Å²) in [4.78, 5) is 25.3. The Kier molecular flexibility index (Phi) is 5.89. The van der Waals surface area contributed by atoms with Gasteiger partial charge in [0.1, 0.15) is 0 Å². The van der Waals surface area contributed by atoms with Gasteiger partial charge in [0.25, 0.3) is 0 Å². The highest BCUT2D eigenvalue weighted by atomic mass is 32.2. The monoisotopic (exact) mass is 447 g/mol. The lowest BCUT2D eigenvalue weighted by atomic mass is 9.49. The van der Waals surface area contributed by atoms with Crippen LogP contribution < -0.4 is 15.8 Å². The molecule has 0 aromatic heterocycles. The SMILES string of the molecule is Cc1cc(S(N)(=O)=O)cc(NC(=O)CCCNC(=O)C23CC4CC(CC(C4)C2)C3)c1C. The summed E-state index contributed by atoms with van der Waals surface area (Å²) in [6.45, 7) is 4.08. The number of carbonyl (C=O) groups excluding carboxylic acids is 2. The van der Waals surface area contributed by atoms with Crippen LogP contribution >= 0.6 is 0 Å². The third kappa shape index (κ3) is 4.65. The van der Waals surface area contributed by atoms with Crippen molar-refractivity contribution in [3.63, 3.8) is 0 Å². The number of nitrogens with one attached hydrogen (secondary N) is 2. The molecule has 8 heteroatoms. The maximum atomic E-state index is 13.0. The number of nitrogens with two attached hydrogens (primary N) is 1. The molecule has 4 bridgehead atoms. The van der Waals surface area contributed by atoms with E-state index in [-0.39, 0.29) is 28.5 Å². The van der Waals surface area contributed by atoms with E-state index in [2.05, 4.69) is 10.6 Å². The zero-order valence-electron chi connectivity index (χ0n) is 18.4. The van der Waals surface area contributed by atoms with Crippen LogP contribution in [0.25, 0.3) is 0 Å². The predicted octanol–water partition coefficient (Wildman–Crippen LogP) is 3.00. The fraction of sp³-hybridized carbons (Fsp3) is 0.652. The van der Waals surface area contributed by atoms with Gasteiger partial charge in [0.2, 0.25) is 21.8 Å². The molecule has 0 unspecified atom stereocenters. The first-order valence-electron chi connectivity index (χ1n) is 11.3. The van der Waals surface area contributed by atoms with Gasteiger partial charge in [-0.15, -0.1) is 0 Å². The molecule has 170 valence electrons. The standard InChI is InChI=1S/C23H33N3O4S/c1-14-6-19(31(24,29)30)10-20(15(14)2)26-21(27)4-3-5-25-22(28)23-11-16-7-17(12-23)9-18(8-16)13-23/h6,10,16-18H,3-5,7-9,11-13H2,1-2H3,(H,25,28)(H,26,27)(H2,24,29,30). The fourth-order valence-electron chi connectivity index (χ4n) is 6.36. The third-order valence-corrected chi connectivity index (χ3v) is 8.52. The van der Waals surface area contributed by atoms with Gasteiger partial charge in [0, 0.05) is 24.1 Å². The van der Waals surface area contributed by atoms with E-state index < -0.39 is 10.0 Å². The van der Waals surface area contributed by atoms with Gasteiger partial charge >= 0.3 is 0 Å². The summed E-state index contributed by atoms with van der Waals surface area (Å²) in [5.74, 6) is 2.14. The number of sulfonamides is 1. The van der Waals surface area contributed by atoms with E-state index in [1.165, 1.54) is 31.4 Å². The van der Waals surface area contributed by atoms with E-state index in [0.717, 1.165) is 48.1 Å². The maximum Gasteiger partial charge on any atom is 0.238 e. The van der Waals surface area contributed by atoms with Crippen LogP contribution in [0.1, 0.15) is 62.5 Å². The molecule has 31 heavy (non-hydrogen) atoms. The van der Waals surface area contributed by atoms with Crippen LogP contribution in [0.5, 0.6) is 0 Å². The molecule has 0 atom stereocenters. The minimum absolute atomic E-state index is 0.0197. The molecule has 0 saturated heterocycles. The first-order valence-corrected chi connectivity index (χ1v) is 12.8. The average molecular weight is 448 g/mol. The summed E-state index contributed by atoms with van der Waals surface area (Å²) in [5, 5.41) is 11.1. The van der Waals surface area contributed by atoms with Gasteiger partial charge in [-0.25, -0.2) is 13.6 Å². The molecular formula is C23H33N3O4S. The van der Waals surface area contributed by atoms with Crippen molar-refractivity contribution in [2.75, 3.05) is 11.9 Å². The molecule has 0 radical (unpaired) electrons. The number of rotatable bonds is 7. The zero-order valence-corrected chi connectivity index (χ0v) is 19.2. The highest BCUT2D eigenvalue weighted by Gasteiger charge is 2.54. The van der Waals surface area contributed by atoms with Crippen molar-refractivity contribution in [3.8, 4) is 0 Å². The lowest BCUT2D eigenvalue weighted by molar-refractivity contribution is -0.146. The van der Waals surface area contributed by atoms with E-state index in [0.29, 0.717) is 18.7 Å². The van der Waals surface area contributed by atoms with E-state index >= 15 is 0 Å². The van der Waals surface area contributed by atoms with Crippen LogP contribution in [0.15, 0.2) is 17.0 Å². The summed E-state index contributed by atoms with van der Waals surface area (Å²) >= 11 is 0. The van der Waals surface area contributed by atoms with Crippen molar-refractivity contribution >= 4 is 27.5 Å². The molecule has 4 N–H and O–H groups in total. The van der Waals surface area contributed by atoms with Crippen molar-refractivity contribution in [2.24, 2.45) is 28.3 Å². The molecule has 2 amide bonds. The van der Waals surface area contributed by atoms with E-state index in [4.69, 9.17) is 5.14 Å².